The molecule has 1 heterocycles. The maximum atomic E-state index is 12.8. The van der Waals surface area contributed by atoms with Crippen LogP contribution in [0, 0.1) is 0 Å². The van der Waals surface area contributed by atoms with E-state index in [9.17, 15) is 9.59 Å². The third-order valence-electron chi connectivity index (χ3n) is 5.04. The first-order chi connectivity index (χ1) is 15.4. The van der Waals surface area contributed by atoms with E-state index in [2.05, 4.69) is 5.32 Å². The lowest BCUT2D eigenvalue weighted by atomic mass is 10.1. The van der Waals surface area contributed by atoms with Gasteiger partial charge in [0.1, 0.15) is 29.1 Å². The van der Waals surface area contributed by atoms with Gasteiger partial charge in [0.05, 0.1) is 12.3 Å². The van der Waals surface area contributed by atoms with Crippen LogP contribution in [0.4, 0.5) is 5.69 Å². The monoisotopic (exact) mass is 432 g/mol. The summed E-state index contributed by atoms with van der Waals surface area (Å²) in [7, 11) is 0. The highest BCUT2D eigenvalue weighted by Gasteiger charge is 2.22. The van der Waals surface area contributed by atoms with Crippen molar-refractivity contribution in [3.63, 3.8) is 0 Å². The standard InChI is InChI=1S/C25H24N2O5/c1-3-30-23-13-18-12-15(2)31-22(18)14-21(23)27-25(29)17-6-10-20(11-7-17)32-19-8-4-16(5-9-19)24(26)28/h4-11,13-15H,3,12H2,1-2H3,(H2,26,28)(H,27,29). The Morgan fingerprint density at radius 3 is 2.25 bits per heavy atom. The van der Waals surface area contributed by atoms with Gasteiger partial charge in [-0.05, 0) is 68.4 Å². The summed E-state index contributed by atoms with van der Waals surface area (Å²) in [6.07, 6.45) is 0.918. The highest BCUT2D eigenvalue weighted by Crippen LogP contribution is 2.38. The first-order valence-electron chi connectivity index (χ1n) is 10.4. The number of carbonyl (C=O) groups is 2. The predicted octanol–water partition coefficient (Wildman–Crippen LogP) is 4.55. The van der Waals surface area contributed by atoms with Gasteiger partial charge >= 0.3 is 0 Å². The summed E-state index contributed by atoms with van der Waals surface area (Å²) >= 11 is 0. The smallest absolute Gasteiger partial charge is 0.255 e. The van der Waals surface area contributed by atoms with E-state index >= 15 is 0 Å². The molecule has 7 heteroatoms. The predicted molar refractivity (Wildman–Crippen MR) is 121 cm³/mol. The van der Waals surface area contributed by atoms with Crippen LogP contribution in [0.3, 0.4) is 0 Å². The second-order valence-electron chi connectivity index (χ2n) is 7.49. The fourth-order valence-corrected chi connectivity index (χ4v) is 3.50. The minimum Gasteiger partial charge on any atom is -0.492 e. The Labute approximate surface area is 186 Å². The molecule has 32 heavy (non-hydrogen) atoms. The van der Waals surface area contributed by atoms with Gasteiger partial charge in [0.25, 0.3) is 5.91 Å². The van der Waals surface area contributed by atoms with Crippen molar-refractivity contribution in [2.45, 2.75) is 26.4 Å². The van der Waals surface area contributed by atoms with E-state index in [0.717, 1.165) is 17.7 Å². The van der Waals surface area contributed by atoms with Crippen LogP contribution >= 0.6 is 0 Å². The molecule has 0 bridgehead atoms. The molecule has 7 nitrogen and oxygen atoms in total. The molecular weight excluding hydrogens is 408 g/mol. The molecule has 1 aliphatic heterocycles. The average Bonchev–Trinajstić information content (AvgIpc) is 3.13. The molecule has 164 valence electrons. The van der Waals surface area contributed by atoms with Crippen LogP contribution in [-0.4, -0.2) is 24.5 Å². The number of nitrogens with two attached hydrogens (primary N) is 1. The molecule has 0 fully saturated rings. The Morgan fingerprint density at radius 1 is 1.03 bits per heavy atom. The molecule has 0 saturated heterocycles. The zero-order chi connectivity index (χ0) is 22.7. The molecule has 0 spiro atoms. The number of nitrogens with one attached hydrogen (secondary N) is 1. The van der Waals surface area contributed by atoms with E-state index in [4.69, 9.17) is 19.9 Å². The summed E-state index contributed by atoms with van der Waals surface area (Å²) in [6, 6.07) is 17.0. The zero-order valence-electron chi connectivity index (χ0n) is 17.9. The third-order valence-corrected chi connectivity index (χ3v) is 5.04. The fourth-order valence-electron chi connectivity index (χ4n) is 3.50. The van der Waals surface area contributed by atoms with Gasteiger partial charge in [-0.25, -0.2) is 0 Å². The Hall–Kier alpha value is -4.00. The largest absolute Gasteiger partial charge is 0.492 e. The lowest BCUT2D eigenvalue weighted by Gasteiger charge is -2.14. The maximum absolute atomic E-state index is 12.8. The third kappa shape index (κ3) is 4.67. The second-order valence-corrected chi connectivity index (χ2v) is 7.49. The van der Waals surface area contributed by atoms with E-state index < -0.39 is 5.91 Å². The van der Waals surface area contributed by atoms with Crippen molar-refractivity contribution >= 4 is 17.5 Å². The van der Waals surface area contributed by atoms with Gasteiger partial charge in [0, 0.05) is 29.2 Å². The highest BCUT2D eigenvalue weighted by atomic mass is 16.5. The number of primary amides is 1. The molecule has 3 N–H and O–H groups in total. The van der Waals surface area contributed by atoms with E-state index in [1.807, 2.05) is 26.0 Å². The maximum Gasteiger partial charge on any atom is 0.255 e. The number of hydrogen-bond donors (Lipinski definition) is 2. The van der Waals surface area contributed by atoms with E-state index in [1.165, 1.54) is 0 Å². The van der Waals surface area contributed by atoms with Crippen LogP contribution in [0.25, 0.3) is 0 Å². The lowest BCUT2D eigenvalue weighted by molar-refractivity contribution is 0.0997. The summed E-state index contributed by atoms with van der Waals surface area (Å²) in [5.41, 5.74) is 7.76. The topological polar surface area (TPSA) is 99.9 Å². The molecule has 3 aromatic rings. The van der Waals surface area contributed by atoms with Crippen molar-refractivity contribution in [2.75, 3.05) is 11.9 Å². The van der Waals surface area contributed by atoms with Gasteiger partial charge in [-0.3, -0.25) is 9.59 Å². The molecule has 2 amide bonds. The van der Waals surface area contributed by atoms with Crippen LogP contribution < -0.4 is 25.3 Å². The van der Waals surface area contributed by atoms with E-state index in [1.54, 1.807) is 48.5 Å². The average molecular weight is 432 g/mol. The molecule has 0 radical (unpaired) electrons. The number of carbonyl (C=O) groups excluding carboxylic acids is 2. The first-order valence-corrected chi connectivity index (χ1v) is 10.4. The molecule has 4 rings (SSSR count). The van der Waals surface area contributed by atoms with Gasteiger partial charge in [-0.2, -0.15) is 0 Å². The van der Waals surface area contributed by atoms with Crippen molar-refractivity contribution in [1.82, 2.24) is 0 Å². The van der Waals surface area contributed by atoms with E-state index in [-0.39, 0.29) is 12.0 Å². The summed E-state index contributed by atoms with van der Waals surface area (Å²) < 4.78 is 17.3. The molecule has 0 saturated carbocycles. The number of amides is 2. The van der Waals surface area contributed by atoms with Crippen LogP contribution in [0.5, 0.6) is 23.0 Å². The molecule has 0 aromatic heterocycles. The Balaban J connectivity index is 1.46. The minimum atomic E-state index is -0.496. The number of ether oxygens (including phenoxy) is 3. The Morgan fingerprint density at radius 2 is 1.66 bits per heavy atom. The molecule has 1 atom stereocenters. The first kappa shape index (κ1) is 21.2. The van der Waals surface area contributed by atoms with Crippen molar-refractivity contribution in [1.29, 1.82) is 0 Å². The summed E-state index contributed by atoms with van der Waals surface area (Å²) in [4.78, 5) is 24.0. The van der Waals surface area contributed by atoms with Crippen molar-refractivity contribution in [3.05, 3.63) is 77.4 Å². The molecule has 1 unspecified atom stereocenters. The van der Waals surface area contributed by atoms with Crippen molar-refractivity contribution < 1.29 is 23.8 Å². The molecular formula is C25H24N2O5. The Kier molecular flexibility index (Phi) is 5.98. The van der Waals surface area contributed by atoms with Gasteiger partial charge in [0.2, 0.25) is 5.91 Å². The van der Waals surface area contributed by atoms with Crippen LogP contribution in [0.1, 0.15) is 40.1 Å². The molecule has 0 aliphatic carbocycles. The highest BCUT2D eigenvalue weighted by molar-refractivity contribution is 6.05. The van der Waals surface area contributed by atoms with Gasteiger partial charge in [-0.15, -0.1) is 0 Å². The summed E-state index contributed by atoms with van der Waals surface area (Å²) in [6.45, 7) is 4.40. The minimum absolute atomic E-state index is 0.102. The second kappa shape index (κ2) is 9.01. The van der Waals surface area contributed by atoms with Crippen LogP contribution in [0.2, 0.25) is 0 Å². The quantitative estimate of drug-likeness (QED) is 0.570. The van der Waals surface area contributed by atoms with Crippen molar-refractivity contribution in [3.8, 4) is 23.0 Å². The van der Waals surface area contributed by atoms with Gasteiger partial charge in [0.15, 0.2) is 0 Å². The number of rotatable bonds is 7. The van der Waals surface area contributed by atoms with Gasteiger partial charge in [-0.1, -0.05) is 0 Å². The normalized spacial score (nSPS) is 14.2. The molecule has 1 aliphatic rings. The zero-order valence-corrected chi connectivity index (χ0v) is 17.9. The van der Waals surface area contributed by atoms with Crippen LogP contribution in [-0.2, 0) is 6.42 Å². The Bertz CT molecular complexity index is 1140. The number of fused-ring (bicyclic) bond motifs is 1. The fraction of sp³-hybridized carbons (Fsp3) is 0.200. The number of anilines is 1. The number of hydrogen-bond acceptors (Lipinski definition) is 5. The number of benzene rings is 3. The lowest BCUT2D eigenvalue weighted by Crippen LogP contribution is -2.13. The SMILES string of the molecule is CCOc1cc2c(cc1NC(=O)c1ccc(Oc3ccc(C(N)=O)cc3)cc1)OC(C)C2. The summed E-state index contributed by atoms with van der Waals surface area (Å²) in [5.74, 6) is 1.74. The van der Waals surface area contributed by atoms with Gasteiger partial charge < -0.3 is 25.3 Å². The van der Waals surface area contributed by atoms with E-state index in [0.29, 0.717) is 40.7 Å². The van der Waals surface area contributed by atoms with Crippen molar-refractivity contribution in [2.24, 2.45) is 5.73 Å². The summed E-state index contributed by atoms with van der Waals surface area (Å²) in [5, 5.41) is 2.91. The molecule has 3 aromatic carbocycles. The van der Waals surface area contributed by atoms with Crippen LogP contribution in [0.15, 0.2) is 60.7 Å².